The summed E-state index contributed by atoms with van der Waals surface area (Å²) in [6.45, 7) is 7.28. The molecule has 0 aliphatic carbocycles. The van der Waals surface area contributed by atoms with E-state index in [-0.39, 0.29) is 11.6 Å². The molecule has 2 N–H and O–H groups in total. The number of morpholine rings is 1. The summed E-state index contributed by atoms with van der Waals surface area (Å²) in [6, 6.07) is 2.07. The minimum absolute atomic E-state index is 0.00671. The third kappa shape index (κ3) is 2.62. The number of aromatic nitrogens is 2. The Balaban J connectivity index is 2.23. The molecule has 0 bridgehead atoms. The van der Waals surface area contributed by atoms with Crippen molar-refractivity contribution in [3.05, 3.63) is 24.3 Å². The third-order valence-electron chi connectivity index (χ3n) is 3.26. The van der Waals surface area contributed by atoms with Crippen LogP contribution in [-0.2, 0) is 4.74 Å². The number of nitrogens with zero attached hydrogens (tertiary/aromatic N) is 3. The molecule has 0 amide bonds. The minimum Gasteiger partial charge on any atom is -0.378 e. The van der Waals surface area contributed by atoms with Crippen LogP contribution in [0.25, 0.3) is 0 Å². The fourth-order valence-corrected chi connectivity index (χ4v) is 2.35. The summed E-state index contributed by atoms with van der Waals surface area (Å²) in [4.78, 5) is 10.6. The second kappa shape index (κ2) is 5.08. The summed E-state index contributed by atoms with van der Waals surface area (Å²) in [5.41, 5.74) is 6.89. The van der Waals surface area contributed by atoms with Crippen molar-refractivity contribution in [2.75, 3.05) is 26.3 Å². The molecule has 5 nitrogen and oxygen atoms in total. The molecule has 5 heteroatoms. The fraction of sp³-hybridized carbons (Fsp3) is 0.667. The Kier molecular flexibility index (Phi) is 3.71. The van der Waals surface area contributed by atoms with Gasteiger partial charge in [-0.15, -0.1) is 0 Å². The Labute approximate surface area is 102 Å². The summed E-state index contributed by atoms with van der Waals surface area (Å²) >= 11 is 0. The van der Waals surface area contributed by atoms with Gasteiger partial charge < -0.3 is 10.5 Å². The average Bonchev–Trinajstić information content (AvgIpc) is 2.33. The summed E-state index contributed by atoms with van der Waals surface area (Å²) in [6.07, 6.45) is 3.34. The molecule has 0 radical (unpaired) electrons. The molecule has 1 aliphatic rings. The van der Waals surface area contributed by atoms with Gasteiger partial charge in [0.2, 0.25) is 0 Å². The molecule has 1 unspecified atom stereocenters. The molecule has 1 atom stereocenters. The van der Waals surface area contributed by atoms with Gasteiger partial charge in [-0.1, -0.05) is 0 Å². The van der Waals surface area contributed by atoms with E-state index < -0.39 is 0 Å². The van der Waals surface area contributed by atoms with Gasteiger partial charge in [0.05, 0.1) is 24.9 Å². The van der Waals surface area contributed by atoms with E-state index in [9.17, 15) is 0 Å². The number of hydrogen-bond donors (Lipinski definition) is 1. The number of hydrogen-bond acceptors (Lipinski definition) is 5. The van der Waals surface area contributed by atoms with Crippen LogP contribution < -0.4 is 5.73 Å². The molecule has 1 aliphatic heterocycles. The predicted molar refractivity (Wildman–Crippen MR) is 65.4 cm³/mol. The zero-order valence-corrected chi connectivity index (χ0v) is 10.5. The van der Waals surface area contributed by atoms with E-state index in [2.05, 4.69) is 28.7 Å². The maximum atomic E-state index is 5.91. The van der Waals surface area contributed by atoms with Crippen LogP contribution in [0.4, 0.5) is 0 Å². The van der Waals surface area contributed by atoms with Crippen LogP contribution >= 0.6 is 0 Å². The van der Waals surface area contributed by atoms with Gasteiger partial charge in [0, 0.05) is 24.8 Å². The molecule has 94 valence electrons. The van der Waals surface area contributed by atoms with E-state index in [4.69, 9.17) is 10.5 Å². The molecular formula is C12H20N4O. The lowest BCUT2D eigenvalue weighted by Gasteiger charge is -2.46. The Morgan fingerprint density at radius 3 is 3.00 bits per heavy atom. The van der Waals surface area contributed by atoms with Crippen molar-refractivity contribution in [2.45, 2.75) is 25.4 Å². The molecule has 2 rings (SSSR count). The summed E-state index contributed by atoms with van der Waals surface area (Å²) in [7, 11) is 0. The van der Waals surface area contributed by atoms with Crippen LogP contribution in [0.5, 0.6) is 0 Å². The van der Waals surface area contributed by atoms with E-state index in [1.54, 1.807) is 12.5 Å². The second-order valence-electron chi connectivity index (χ2n) is 4.94. The summed E-state index contributed by atoms with van der Waals surface area (Å²) in [5.74, 6) is 0. The van der Waals surface area contributed by atoms with Crippen molar-refractivity contribution >= 4 is 0 Å². The average molecular weight is 236 g/mol. The molecule has 1 aromatic rings. The molecular weight excluding hydrogens is 216 g/mol. The first-order valence-electron chi connectivity index (χ1n) is 5.95. The van der Waals surface area contributed by atoms with Crippen molar-refractivity contribution in [3.8, 4) is 0 Å². The minimum atomic E-state index is -0.00671. The number of ether oxygens (including phenoxy) is 1. The quantitative estimate of drug-likeness (QED) is 0.832. The van der Waals surface area contributed by atoms with Crippen molar-refractivity contribution in [1.29, 1.82) is 0 Å². The lowest BCUT2D eigenvalue weighted by molar-refractivity contribution is -0.0720. The third-order valence-corrected chi connectivity index (χ3v) is 3.26. The van der Waals surface area contributed by atoms with E-state index in [1.165, 1.54) is 0 Å². The molecule has 0 saturated carbocycles. The van der Waals surface area contributed by atoms with Gasteiger partial charge in [0.1, 0.15) is 6.33 Å². The van der Waals surface area contributed by atoms with Crippen LogP contribution in [0.1, 0.15) is 25.6 Å². The van der Waals surface area contributed by atoms with Gasteiger partial charge in [0.15, 0.2) is 0 Å². The predicted octanol–water partition coefficient (Wildman–Crippen LogP) is 0.587. The van der Waals surface area contributed by atoms with Gasteiger partial charge in [-0.3, -0.25) is 4.90 Å². The van der Waals surface area contributed by atoms with E-state index in [0.717, 1.165) is 25.5 Å². The van der Waals surface area contributed by atoms with Crippen molar-refractivity contribution in [2.24, 2.45) is 5.73 Å². The van der Waals surface area contributed by atoms with Gasteiger partial charge in [-0.2, -0.15) is 0 Å². The van der Waals surface area contributed by atoms with Gasteiger partial charge in [-0.05, 0) is 19.9 Å². The molecule has 0 aromatic carbocycles. The van der Waals surface area contributed by atoms with Gasteiger partial charge in [0.25, 0.3) is 0 Å². The highest BCUT2D eigenvalue weighted by Gasteiger charge is 2.36. The first-order valence-corrected chi connectivity index (χ1v) is 5.95. The SMILES string of the molecule is CC1(C)COCCN1C(CN)c1ccncn1. The molecule has 1 fully saturated rings. The normalized spacial score (nSPS) is 22.3. The lowest BCUT2D eigenvalue weighted by Crippen LogP contribution is -2.55. The van der Waals surface area contributed by atoms with E-state index in [1.807, 2.05) is 6.07 Å². The molecule has 17 heavy (non-hydrogen) atoms. The van der Waals surface area contributed by atoms with E-state index in [0.29, 0.717) is 6.54 Å². The van der Waals surface area contributed by atoms with Crippen molar-refractivity contribution in [3.63, 3.8) is 0 Å². The van der Waals surface area contributed by atoms with E-state index >= 15 is 0 Å². The Morgan fingerprint density at radius 1 is 1.59 bits per heavy atom. The van der Waals surface area contributed by atoms with Gasteiger partial charge >= 0.3 is 0 Å². The zero-order chi connectivity index (χ0) is 12.3. The Hall–Kier alpha value is -1.04. The van der Waals surface area contributed by atoms with Crippen molar-refractivity contribution in [1.82, 2.24) is 14.9 Å². The number of nitrogens with two attached hydrogens (primary N) is 1. The molecule has 2 heterocycles. The van der Waals surface area contributed by atoms with Crippen LogP contribution in [0, 0.1) is 0 Å². The first kappa shape index (κ1) is 12.4. The van der Waals surface area contributed by atoms with Crippen molar-refractivity contribution < 1.29 is 4.74 Å². The summed E-state index contributed by atoms with van der Waals surface area (Å²) < 4.78 is 5.53. The first-order chi connectivity index (χ1) is 8.15. The fourth-order valence-electron chi connectivity index (χ4n) is 2.35. The van der Waals surface area contributed by atoms with Crippen LogP contribution in [0.3, 0.4) is 0 Å². The monoisotopic (exact) mass is 236 g/mol. The molecule has 1 aromatic heterocycles. The number of rotatable bonds is 3. The molecule has 1 saturated heterocycles. The van der Waals surface area contributed by atoms with Gasteiger partial charge in [-0.25, -0.2) is 9.97 Å². The standard InChI is InChI=1S/C12H20N4O/c1-12(2)8-17-6-5-16(12)11(7-13)10-3-4-14-9-15-10/h3-4,9,11H,5-8,13H2,1-2H3. The second-order valence-corrected chi connectivity index (χ2v) is 4.94. The maximum absolute atomic E-state index is 5.91. The van der Waals surface area contributed by atoms with Crippen LogP contribution in [0.15, 0.2) is 18.6 Å². The zero-order valence-electron chi connectivity index (χ0n) is 10.5. The Morgan fingerprint density at radius 2 is 2.41 bits per heavy atom. The highest BCUT2D eigenvalue weighted by atomic mass is 16.5. The highest BCUT2D eigenvalue weighted by molar-refractivity contribution is 5.08. The smallest absolute Gasteiger partial charge is 0.115 e. The maximum Gasteiger partial charge on any atom is 0.115 e. The molecule has 0 spiro atoms. The topological polar surface area (TPSA) is 64.3 Å². The lowest BCUT2D eigenvalue weighted by atomic mass is 9.98. The highest BCUT2D eigenvalue weighted by Crippen LogP contribution is 2.28. The summed E-state index contributed by atoms with van der Waals surface area (Å²) in [5, 5.41) is 0. The van der Waals surface area contributed by atoms with Crippen LogP contribution in [-0.4, -0.2) is 46.7 Å². The van der Waals surface area contributed by atoms with Crippen LogP contribution in [0.2, 0.25) is 0 Å². The largest absolute Gasteiger partial charge is 0.378 e. The Bertz CT molecular complexity index is 355.